The largest absolute Gasteiger partial charge is 0.434 e. The fraction of sp³-hybridized carbons (Fsp3) is 0.348. The molecule has 8 heteroatoms. The van der Waals surface area contributed by atoms with Crippen molar-refractivity contribution in [3.05, 3.63) is 58.7 Å². The average Bonchev–Trinajstić information content (AvgIpc) is 2.75. The van der Waals surface area contributed by atoms with Crippen molar-refractivity contribution in [2.75, 3.05) is 18.9 Å². The van der Waals surface area contributed by atoms with Gasteiger partial charge in [-0.2, -0.15) is 8.78 Å². The van der Waals surface area contributed by atoms with E-state index in [1.807, 2.05) is 39.1 Å². The predicted octanol–water partition coefficient (Wildman–Crippen LogP) is 4.33. The summed E-state index contributed by atoms with van der Waals surface area (Å²) in [7, 11) is 1.56. The summed E-state index contributed by atoms with van der Waals surface area (Å²) >= 11 is 0. The average molecular weight is 428 g/mol. The standard InChI is InChI=1S/C23H26F2N4O2/c1-14-5-8-20(31-22(24)25)16(9-14)11-27-19-10-17(6-7-18(19)21(30)26-4)23(3)12-28-15(2)29-13-23/h5-10,12,22,27H,11,13H2,1-4H3,(H,26,30). The summed E-state index contributed by atoms with van der Waals surface area (Å²) in [6.45, 7) is 3.59. The highest BCUT2D eigenvalue weighted by Gasteiger charge is 2.28. The van der Waals surface area contributed by atoms with Crippen molar-refractivity contribution >= 4 is 23.6 Å². The number of ether oxygens (including phenoxy) is 1. The van der Waals surface area contributed by atoms with Gasteiger partial charge < -0.3 is 15.4 Å². The maximum Gasteiger partial charge on any atom is 0.387 e. The molecule has 1 unspecified atom stereocenters. The van der Waals surface area contributed by atoms with E-state index in [0.29, 0.717) is 23.4 Å². The molecule has 3 rings (SSSR count). The molecule has 2 aromatic rings. The maximum atomic E-state index is 12.8. The number of rotatable bonds is 7. The van der Waals surface area contributed by atoms with Crippen LogP contribution in [-0.2, 0) is 12.0 Å². The lowest BCUT2D eigenvalue weighted by Gasteiger charge is -2.27. The van der Waals surface area contributed by atoms with Crippen LogP contribution < -0.4 is 15.4 Å². The quantitative estimate of drug-likeness (QED) is 0.689. The Hall–Kier alpha value is -3.29. The third-order valence-corrected chi connectivity index (χ3v) is 5.22. The summed E-state index contributed by atoms with van der Waals surface area (Å²) in [5, 5.41) is 5.85. The fourth-order valence-electron chi connectivity index (χ4n) is 3.39. The van der Waals surface area contributed by atoms with Gasteiger partial charge in [-0.3, -0.25) is 9.79 Å². The van der Waals surface area contributed by atoms with E-state index in [9.17, 15) is 13.6 Å². The van der Waals surface area contributed by atoms with E-state index in [1.54, 1.807) is 25.2 Å². The van der Waals surface area contributed by atoms with Crippen molar-refractivity contribution in [2.45, 2.75) is 39.3 Å². The first-order chi connectivity index (χ1) is 14.7. The van der Waals surface area contributed by atoms with Gasteiger partial charge in [0.25, 0.3) is 5.91 Å². The van der Waals surface area contributed by atoms with Crippen molar-refractivity contribution in [3.63, 3.8) is 0 Å². The number of aliphatic imine (C=N–C) groups is 2. The first kappa shape index (κ1) is 22.4. The van der Waals surface area contributed by atoms with Crippen LogP contribution in [-0.4, -0.2) is 38.2 Å². The molecule has 2 aromatic carbocycles. The molecule has 0 aliphatic carbocycles. The number of anilines is 1. The Labute approximate surface area is 180 Å². The van der Waals surface area contributed by atoms with Gasteiger partial charge in [-0.1, -0.05) is 23.8 Å². The Morgan fingerprint density at radius 1 is 1.23 bits per heavy atom. The first-order valence-electron chi connectivity index (χ1n) is 9.93. The minimum Gasteiger partial charge on any atom is -0.434 e. The minimum absolute atomic E-state index is 0.0990. The second-order valence-electron chi connectivity index (χ2n) is 7.72. The molecule has 2 N–H and O–H groups in total. The SMILES string of the molecule is CNC(=O)c1ccc(C2(C)C=NC(C)=NC2)cc1NCc1cc(C)ccc1OC(F)F. The predicted molar refractivity (Wildman–Crippen MR) is 119 cm³/mol. The smallest absolute Gasteiger partial charge is 0.387 e. The Morgan fingerprint density at radius 2 is 2.00 bits per heavy atom. The van der Waals surface area contributed by atoms with Crippen LogP contribution in [0.25, 0.3) is 0 Å². The van der Waals surface area contributed by atoms with E-state index in [0.717, 1.165) is 17.0 Å². The molecule has 0 bridgehead atoms. The molecule has 6 nitrogen and oxygen atoms in total. The van der Waals surface area contributed by atoms with Crippen LogP contribution in [0.15, 0.2) is 46.4 Å². The summed E-state index contributed by atoms with van der Waals surface area (Å²) < 4.78 is 30.2. The third kappa shape index (κ3) is 5.25. The number of alkyl halides is 2. The zero-order valence-corrected chi connectivity index (χ0v) is 18.0. The molecular formula is C23H26F2N4O2. The zero-order chi connectivity index (χ0) is 22.6. The molecule has 1 amide bonds. The lowest BCUT2D eigenvalue weighted by Crippen LogP contribution is -2.31. The number of hydrogen-bond acceptors (Lipinski definition) is 5. The van der Waals surface area contributed by atoms with Crippen LogP contribution in [0.3, 0.4) is 0 Å². The molecular weight excluding hydrogens is 402 g/mol. The van der Waals surface area contributed by atoms with Crippen molar-refractivity contribution in [1.29, 1.82) is 0 Å². The molecule has 0 spiro atoms. The van der Waals surface area contributed by atoms with Crippen LogP contribution in [0.1, 0.15) is 40.9 Å². The zero-order valence-electron chi connectivity index (χ0n) is 18.0. The number of halogens is 2. The molecule has 0 aromatic heterocycles. The number of amides is 1. The van der Waals surface area contributed by atoms with Gasteiger partial charge in [-0.05, 0) is 44.5 Å². The Kier molecular flexibility index (Phi) is 6.68. The summed E-state index contributed by atoms with van der Waals surface area (Å²) in [6.07, 6.45) is 1.86. The number of nitrogens with one attached hydrogen (secondary N) is 2. The van der Waals surface area contributed by atoms with E-state index < -0.39 is 12.0 Å². The van der Waals surface area contributed by atoms with E-state index in [1.165, 1.54) is 6.07 Å². The van der Waals surface area contributed by atoms with Gasteiger partial charge >= 0.3 is 6.61 Å². The molecule has 0 saturated carbocycles. The normalized spacial score (nSPS) is 18.0. The molecule has 1 atom stereocenters. The number of aryl methyl sites for hydroxylation is 1. The lowest BCUT2D eigenvalue weighted by atomic mass is 9.82. The highest BCUT2D eigenvalue weighted by atomic mass is 19.3. The Balaban J connectivity index is 1.93. The number of carbonyl (C=O) groups excluding carboxylic acids is 1. The van der Waals surface area contributed by atoms with Gasteiger partial charge in [0, 0.05) is 36.5 Å². The van der Waals surface area contributed by atoms with Gasteiger partial charge in [0.05, 0.1) is 12.1 Å². The monoisotopic (exact) mass is 428 g/mol. The summed E-state index contributed by atoms with van der Waals surface area (Å²) in [5.41, 5.74) is 3.05. The maximum absolute atomic E-state index is 12.8. The third-order valence-electron chi connectivity index (χ3n) is 5.22. The van der Waals surface area contributed by atoms with Crippen molar-refractivity contribution in [1.82, 2.24) is 5.32 Å². The van der Waals surface area contributed by atoms with Crippen LogP contribution >= 0.6 is 0 Å². The highest BCUT2D eigenvalue weighted by molar-refractivity contribution is 6.00. The lowest BCUT2D eigenvalue weighted by molar-refractivity contribution is -0.0504. The fourth-order valence-corrected chi connectivity index (χ4v) is 3.39. The van der Waals surface area contributed by atoms with Gasteiger partial charge in [-0.15, -0.1) is 0 Å². The molecule has 1 aliphatic heterocycles. The molecule has 31 heavy (non-hydrogen) atoms. The van der Waals surface area contributed by atoms with Gasteiger partial charge in [0.2, 0.25) is 0 Å². The van der Waals surface area contributed by atoms with Gasteiger partial charge in [-0.25, -0.2) is 4.99 Å². The van der Waals surface area contributed by atoms with E-state index in [2.05, 4.69) is 25.4 Å². The second kappa shape index (κ2) is 9.24. The number of benzene rings is 2. The molecule has 0 fully saturated rings. The van der Waals surface area contributed by atoms with Gasteiger partial charge in [0.15, 0.2) is 0 Å². The molecule has 1 aliphatic rings. The minimum atomic E-state index is -2.92. The second-order valence-corrected chi connectivity index (χ2v) is 7.72. The van der Waals surface area contributed by atoms with Crippen molar-refractivity contribution in [3.8, 4) is 5.75 Å². The number of amidine groups is 1. The summed E-state index contributed by atoms with van der Waals surface area (Å²) in [5.74, 6) is 0.574. The molecule has 0 radical (unpaired) electrons. The van der Waals surface area contributed by atoms with Crippen molar-refractivity contribution in [2.24, 2.45) is 9.98 Å². The van der Waals surface area contributed by atoms with Crippen LogP contribution in [0, 0.1) is 6.92 Å². The molecule has 0 saturated heterocycles. The topological polar surface area (TPSA) is 75.1 Å². The Bertz CT molecular complexity index is 1040. The van der Waals surface area contributed by atoms with Gasteiger partial charge in [0.1, 0.15) is 11.6 Å². The van der Waals surface area contributed by atoms with Crippen LogP contribution in [0.5, 0.6) is 5.75 Å². The van der Waals surface area contributed by atoms with E-state index in [-0.39, 0.29) is 18.2 Å². The van der Waals surface area contributed by atoms with Crippen LogP contribution in [0.4, 0.5) is 14.5 Å². The van der Waals surface area contributed by atoms with Crippen molar-refractivity contribution < 1.29 is 18.3 Å². The number of nitrogens with zero attached hydrogens (tertiary/aromatic N) is 2. The first-order valence-corrected chi connectivity index (χ1v) is 9.93. The summed E-state index contributed by atoms with van der Waals surface area (Å²) in [4.78, 5) is 21.2. The number of carbonyl (C=O) groups is 1. The number of hydrogen-bond donors (Lipinski definition) is 2. The van der Waals surface area contributed by atoms with E-state index >= 15 is 0 Å². The Morgan fingerprint density at radius 3 is 2.65 bits per heavy atom. The van der Waals surface area contributed by atoms with E-state index in [4.69, 9.17) is 0 Å². The molecule has 164 valence electrons. The summed E-state index contributed by atoms with van der Waals surface area (Å²) in [6, 6.07) is 10.5. The van der Waals surface area contributed by atoms with Crippen LogP contribution in [0.2, 0.25) is 0 Å². The molecule has 1 heterocycles. The highest BCUT2D eigenvalue weighted by Crippen LogP contribution is 2.30.